The second kappa shape index (κ2) is 3.72. The lowest BCUT2D eigenvalue weighted by Gasteiger charge is -2.00. The Balaban J connectivity index is 3.77. The first-order chi connectivity index (χ1) is 7.29. The van der Waals surface area contributed by atoms with Crippen LogP contribution >= 0.6 is 0 Å². The van der Waals surface area contributed by atoms with Crippen LogP contribution in [0.4, 0.5) is 28.9 Å². The SMILES string of the molecule is O=[N+]([O-])c1c(F)c(F)c([N+](=O)[O-])c(F)c1F. The molecule has 6 nitrogen and oxygen atoms in total. The molecule has 0 aliphatic carbocycles. The number of rotatable bonds is 2. The van der Waals surface area contributed by atoms with E-state index in [4.69, 9.17) is 0 Å². The highest BCUT2D eigenvalue weighted by atomic mass is 19.2. The van der Waals surface area contributed by atoms with Crippen LogP contribution < -0.4 is 0 Å². The lowest BCUT2D eigenvalue weighted by atomic mass is 10.2. The molecule has 0 saturated carbocycles. The van der Waals surface area contributed by atoms with Crippen molar-refractivity contribution in [2.75, 3.05) is 0 Å². The molecule has 0 heterocycles. The van der Waals surface area contributed by atoms with Gasteiger partial charge in [0.15, 0.2) is 0 Å². The van der Waals surface area contributed by atoms with Gasteiger partial charge in [0, 0.05) is 0 Å². The summed E-state index contributed by atoms with van der Waals surface area (Å²) in [5, 5.41) is 20.1. The van der Waals surface area contributed by atoms with Gasteiger partial charge in [0.1, 0.15) is 0 Å². The van der Waals surface area contributed by atoms with Gasteiger partial charge < -0.3 is 0 Å². The fourth-order valence-electron chi connectivity index (χ4n) is 0.929. The van der Waals surface area contributed by atoms with Gasteiger partial charge in [-0.1, -0.05) is 0 Å². The van der Waals surface area contributed by atoms with E-state index in [1.54, 1.807) is 0 Å². The third-order valence-electron chi connectivity index (χ3n) is 1.58. The Morgan fingerprint density at radius 1 is 0.688 bits per heavy atom. The average Bonchev–Trinajstić information content (AvgIpc) is 2.14. The molecule has 10 heteroatoms. The van der Waals surface area contributed by atoms with Gasteiger partial charge >= 0.3 is 11.4 Å². The molecule has 0 bridgehead atoms. The van der Waals surface area contributed by atoms with Crippen LogP contribution in [-0.2, 0) is 0 Å². The maximum Gasteiger partial charge on any atom is 0.346 e. The minimum atomic E-state index is -2.42. The van der Waals surface area contributed by atoms with Gasteiger partial charge in [0.05, 0.1) is 9.85 Å². The van der Waals surface area contributed by atoms with E-state index in [9.17, 15) is 37.8 Å². The Morgan fingerprint density at radius 3 is 1.00 bits per heavy atom. The number of benzene rings is 1. The highest BCUT2D eigenvalue weighted by Crippen LogP contribution is 2.33. The van der Waals surface area contributed by atoms with Gasteiger partial charge in [-0.25, -0.2) is 0 Å². The molecule has 0 aromatic heterocycles. The van der Waals surface area contributed by atoms with E-state index in [0.29, 0.717) is 0 Å². The van der Waals surface area contributed by atoms with Gasteiger partial charge in [0.25, 0.3) is 0 Å². The third-order valence-corrected chi connectivity index (χ3v) is 1.58. The number of nitro benzene ring substituents is 2. The summed E-state index contributed by atoms with van der Waals surface area (Å²) in [6, 6.07) is 0. The predicted octanol–water partition coefficient (Wildman–Crippen LogP) is 2.06. The van der Waals surface area contributed by atoms with Crippen molar-refractivity contribution < 1.29 is 27.4 Å². The first kappa shape index (κ1) is 11.8. The van der Waals surface area contributed by atoms with E-state index < -0.39 is 44.5 Å². The number of nitrogens with zero attached hydrogens (tertiary/aromatic N) is 2. The van der Waals surface area contributed by atoms with Crippen LogP contribution in [-0.4, -0.2) is 9.85 Å². The van der Waals surface area contributed by atoms with Gasteiger partial charge in [-0.2, -0.15) is 17.6 Å². The molecule has 0 aliphatic rings. The fourth-order valence-corrected chi connectivity index (χ4v) is 0.929. The molecular weight excluding hydrogens is 240 g/mol. The average molecular weight is 240 g/mol. The third kappa shape index (κ3) is 1.53. The van der Waals surface area contributed by atoms with Crippen molar-refractivity contribution in [3.8, 4) is 0 Å². The molecule has 0 unspecified atom stereocenters. The Morgan fingerprint density at radius 2 is 0.875 bits per heavy atom. The van der Waals surface area contributed by atoms with Crippen LogP contribution in [0.1, 0.15) is 0 Å². The first-order valence-electron chi connectivity index (χ1n) is 3.43. The monoisotopic (exact) mass is 240 g/mol. The Labute approximate surface area is 83.4 Å². The van der Waals surface area contributed by atoms with Gasteiger partial charge in [0.2, 0.25) is 23.3 Å². The van der Waals surface area contributed by atoms with E-state index in [2.05, 4.69) is 0 Å². The molecule has 1 aromatic rings. The van der Waals surface area contributed by atoms with E-state index in [1.807, 2.05) is 0 Å². The van der Waals surface area contributed by atoms with E-state index in [-0.39, 0.29) is 0 Å². The van der Waals surface area contributed by atoms with E-state index >= 15 is 0 Å². The summed E-state index contributed by atoms with van der Waals surface area (Å²) in [5.41, 5.74) is -4.22. The maximum absolute atomic E-state index is 12.8. The van der Waals surface area contributed by atoms with Crippen molar-refractivity contribution in [3.05, 3.63) is 43.5 Å². The molecule has 0 spiro atoms. The molecule has 0 atom stereocenters. The summed E-state index contributed by atoms with van der Waals surface area (Å²) >= 11 is 0. The molecule has 0 saturated heterocycles. The topological polar surface area (TPSA) is 86.3 Å². The molecule has 0 fully saturated rings. The standard InChI is InChI=1S/C6F4N2O4/c7-1-2(8)6(12(15)16)4(10)3(9)5(1)11(13)14. The highest BCUT2D eigenvalue weighted by molar-refractivity contribution is 5.46. The minimum absolute atomic E-state index is 1.72. The molecular formula is C6F4N2O4. The molecule has 86 valence electrons. The second-order valence-corrected chi connectivity index (χ2v) is 2.47. The summed E-state index contributed by atoms with van der Waals surface area (Å²) in [7, 11) is 0. The van der Waals surface area contributed by atoms with Gasteiger partial charge in [-0.3, -0.25) is 20.2 Å². The Hall–Kier alpha value is -2.26. The zero-order chi connectivity index (χ0) is 12.6. The number of hydrogen-bond acceptors (Lipinski definition) is 4. The number of hydrogen-bond donors (Lipinski definition) is 0. The van der Waals surface area contributed by atoms with Crippen LogP contribution in [0.5, 0.6) is 0 Å². The molecule has 1 aromatic carbocycles. The van der Waals surface area contributed by atoms with Crippen LogP contribution in [0, 0.1) is 43.5 Å². The summed E-state index contributed by atoms with van der Waals surface area (Å²) in [4.78, 5) is 16.7. The number of nitro groups is 2. The van der Waals surface area contributed by atoms with E-state index in [0.717, 1.165) is 0 Å². The molecule has 0 amide bonds. The van der Waals surface area contributed by atoms with E-state index in [1.165, 1.54) is 0 Å². The number of halogens is 4. The molecule has 0 aliphatic heterocycles. The minimum Gasteiger partial charge on any atom is -0.258 e. The normalized spacial score (nSPS) is 10.2. The van der Waals surface area contributed by atoms with Crippen LogP contribution in [0.25, 0.3) is 0 Å². The Kier molecular flexibility index (Phi) is 2.74. The molecule has 0 radical (unpaired) electrons. The van der Waals surface area contributed by atoms with Crippen molar-refractivity contribution in [1.29, 1.82) is 0 Å². The Bertz CT molecular complexity index is 430. The first-order valence-corrected chi connectivity index (χ1v) is 3.43. The summed E-state index contributed by atoms with van der Waals surface area (Å²) in [6.07, 6.45) is 0. The van der Waals surface area contributed by atoms with Crippen LogP contribution in [0.15, 0.2) is 0 Å². The molecule has 16 heavy (non-hydrogen) atoms. The quantitative estimate of drug-likeness (QED) is 0.342. The summed E-state index contributed by atoms with van der Waals surface area (Å²) in [6.45, 7) is 0. The van der Waals surface area contributed by atoms with Crippen molar-refractivity contribution >= 4 is 11.4 Å². The summed E-state index contributed by atoms with van der Waals surface area (Å²) in [5.74, 6) is -9.68. The lowest BCUT2D eigenvalue weighted by molar-refractivity contribution is -0.397. The maximum atomic E-state index is 12.8. The van der Waals surface area contributed by atoms with Gasteiger partial charge in [-0.15, -0.1) is 0 Å². The van der Waals surface area contributed by atoms with Crippen molar-refractivity contribution in [1.82, 2.24) is 0 Å². The highest BCUT2D eigenvalue weighted by Gasteiger charge is 2.38. The molecule has 1 rings (SSSR count). The fraction of sp³-hybridized carbons (Fsp3) is 0. The smallest absolute Gasteiger partial charge is 0.258 e. The van der Waals surface area contributed by atoms with Crippen LogP contribution in [0.3, 0.4) is 0 Å². The predicted molar refractivity (Wildman–Crippen MR) is 39.6 cm³/mol. The lowest BCUT2D eigenvalue weighted by Crippen LogP contribution is -2.07. The van der Waals surface area contributed by atoms with Gasteiger partial charge in [-0.05, 0) is 0 Å². The van der Waals surface area contributed by atoms with Crippen LogP contribution in [0.2, 0.25) is 0 Å². The molecule has 0 N–H and O–H groups in total. The summed E-state index contributed by atoms with van der Waals surface area (Å²) < 4.78 is 51.1. The zero-order valence-electron chi connectivity index (χ0n) is 7.04. The van der Waals surface area contributed by atoms with Crippen molar-refractivity contribution in [3.63, 3.8) is 0 Å². The van der Waals surface area contributed by atoms with Crippen molar-refractivity contribution in [2.24, 2.45) is 0 Å². The second-order valence-electron chi connectivity index (χ2n) is 2.47. The largest absolute Gasteiger partial charge is 0.346 e. The zero-order valence-corrected chi connectivity index (χ0v) is 7.04. The van der Waals surface area contributed by atoms with Crippen molar-refractivity contribution in [2.45, 2.75) is 0 Å².